The van der Waals surface area contributed by atoms with E-state index >= 15 is 0 Å². The van der Waals surface area contributed by atoms with E-state index in [-0.39, 0.29) is 12.6 Å². The van der Waals surface area contributed by atoms with Gasteiger partial charge in [0.1, 0.15) is 6.04 Å². The summed E-state index contributed by atoms with van der Waals surface area (Å²) in [5, 5.41) is 8.81. The molecule has 0 aromatic carbocycles. The van der Waals surface area contributed by atoms with Crippen LogP contribution in [0.25, 0.3) is 0 Å². The number of carbonyl (C=O) groups is 1. The molecule has 1 aliphatic heterocycles. The Morgan fingerprint density at radius 1 is 1.71 bits per heavy atom. The van der Waals surface area contributed by atoms with Gasteiger partial charge in [0.05, 0.1) is 0 Å². The van der Waals surface area contributed by atoms with Gasteiger partial charge in [-0.2, -0.15) is 17.4 Å². The van der Waals surface area contributed by atoms with Crippen LogP contribution in [-0.4, -0.2) is 42.4 Å². The van der Waals surface area contributed by atoms with Gasteiger partial charge in [-0.05, 0) is 13.3 Å². The van der Waals surface area contributed by atoms with Gasteiger partial charge in [0.15, 0.2) is 0 Å². The van der Waals surface area contributed by atoms with Crippen LogP contribution in [0.5, 0.6) is 0 Å². The maximum atomic E-state index is 11.4. The van der Waals surface area contributed by atoms with Crippen LogP contribution in [0.2, 0.25) is 0 Å². The molecule has 0 aliphatic carbocycles. The highest BCUT2D eigenvalue weighted by atomic mass is 32.2. The predicted octanol–water partition coefficient (Wildman–Crippen LogP) is -0.612. The molecule has 2 N–H and O–H groups in total. The van der Waals surface area contributed by atoms with Crippen molar-refractivity contribution in [2.45, 2.75) is 32.4 Å². The van der Waals surface area contributed by atoms with E-state index in [4.69, 9.17) is 5.11 Å². The summed E-state index contributed by atoms with van der Waals surface area (Å²) < 4.78 is 26.1. The fourth-order valence-corrected chi connectivity index (χ4v) is 3.08. The molecule has 1 aliphatic rings. The average molecular weight is 222 g/mol. The van der Waals surface area contributed by atoms with E-state index in [0.717, 1.165) is 4.31 Å². The molecule has 2 unspecified atom stereocenters. The normalized spacial score (nSPS) is 28.9. The Morgan fingerprint density at radius 3 is 2.71 bits per heavy atom. The lowest BCUT2D eigenvalue weighted by Gasteiger charge is -2.24. The highest BCUT2D eigenvalue weighted by molar-refractivity contribution is 7.87. The molecule has 82 valence electrons. The standard InChI is InChI=1S/C7H14N2O4S/c1-3-5(2)9-6(7(10)11)4-8-14(9,12)13/h5-6,8H,3-4H2,1-2H3,(H,10,11). The smallest absolute Gasteiger partial charge is 0.323 e. The van der Waals surface area contributed by atoms with Gasteiger partial charge in [0.25, 0.3) is 10.2 Å². The molecule has 0 saturated carbocycles. The number of nitrogens with zero attached hydrogens (tertiary/aromatic N) is 1. The van der Waals surface area contributed by atoms with Gasteiger partial charge in [-0.1, -0.05) is 6.92 Å². The number of aliphatic carboxylic acids is 1. The van der Waals surface area contributed by atoms with Gasteiger partial charge in [-0.15, -0.1) is 0 Å². The number of carboxylic acid groups (broad SMARTS) is 1. The zero-order valence-corrected chi connectivity index (χ0v) is 8.91. The third kappa shape index (κ3) is 1.89. The highest BCUT2D eigenvalue weighted by Crippen LogP contribution is 2.18. The average Bonchev–Trinajstić information content (AvgIpc) is 2.40. The summed E-state index contributed by atoms with van der Waals surface area (Å²) in [6.45, 7) is 3.46. The maximum Gasteiger partial charge on any atom is 0.323 e. The lowest BCUT2D eigenvalue weighted by Crippen LogP contribution is -2.45. The predicted molar refractivity (Wildman–Crippen MR) is 49.9 cm³/mol. The van der Waals surface area contributed by atoms with Crippen LogP contribution >= 0.6 is 0 Å². The summed E-state index contributed by atoms with van der Waals surface area (Å²) in [5.74, 6) is -1.11. The Labute approximate surface area is 83.1 Å². The molecule has 6 nitrogen and oxygen atoms in total. The molecule has 0 spiro atoms. The van der Waals surface area contributed by atoms with Gasteiger partial charge in [-0.3, -0.25) is 4.79 Å². The number of hydrogen-bond donors (Lipinski definition) is 2. The minimum absolute atomic E-state index is 0.0536. The second-order valence-corrected chi connectivity index (χ2v) is 4.96. The van der Waals surface area contributed by atoms with Gasteiger partial charge >= 0.3 is 5.97 Å². The van der Waals surface area contributed by atoms with E-state index in [1.807, 2.05) is 6.92 Å². The summed E-state index contributed by atoms with van der Waals surface area (Å²) in [5.41, 5.74) is 0. The first-order chi connectivity index (χ1) is 6.40. The molecule has 0 amide bonds. The highest BCUT2D eigenvalue weighted by Gasteiger charge is 2.43. The molecule has 0 aromatic heterocycles. The summed E-state index contributed by atoms with van der Waals surface area (Å²) in [6.07, 6.45) is 0.588. The van der Waals surface area contributed by atoms with E-state index in [2.05, 4.69) is 4.72 Å². The second-order valence-electron chi connectivity index (χ2n) is 3.29. The number of carboxylic acids is 1. The molecule has 0 radical (unpaired) electrons. The summed E-state index contributed by atoms with van der Waals surface area (Å²) >= 11 is 0. The van der Waals surface area contributed by atoms with E-state index in [0.29, 0.717) is 6.42 Å². The Bertz CT molecular complexity index is 327. The van der Waals surface area contributed by atoms with Crippen molar-refractivity contribution in [3.05, 3.63) is 0 Å². The SMILES string of the molecule is CCC(C)N1C(C(=O)O)CNS1(=O)=O. The molecular formula is C7H14N2O4S. The van der Waals surface area contributed by atoms with Crippen LogP contribution < -0.4 is 4.72 Å². The number of rotatable bonds is 3. The molecule has 2 atom stereocenters. The van der Waals surface area contributed by atoms with Gasteiger partial charge < -0.3 is 5.11 Å². The Morgan fingerprint density at radius 2 is 2.29 bits per heavy atom. The monoisotopic (exact) mass is 222 g/mol. The van der Waals surface area contributed by atoms with Crippen molar-refractivity contribution in [1.82, 2.24) is 9.03 Å². The van der Waals surface area contributed by atoms with Crippen molar-refractivity contribution < 1.29 is 18.3 Å². The molecule has 1 rings (SSSR count). The number of nitrogens with one attached hydrogen (secondary N) is 1. The third-order valence-corrected chi connectivity index (χ3v) is 4.06. The van der Waals surface area contributed by atoms with Crippen LogP contribution in [0.3, 0.4) is 0 Å². The first-order valence-electron chi connectivity index (χ1n) is 4.41. The fraction of sp³-hybridized carbons (Fsp3) is 0.857. The minimum Gasteiger partial charge on any atom is -0.480 e. The van der Waals surface area contributed by atoms with Crippen LogP contribution in [0, 0.1) is 0 Å². The largest absolute Gasteiger partial charge is 0.480 e. The lowest BCUT2D eigenvalue weighted by molar-refractivity contribution is -0.141. The van der Waals surface area contributed by atoms with Gasteiger partial charge in [0.2, 0.25) is 0 Å². The van der Waals surface area contributed by atoms with Crippen LogP contribution in [-0.2, 0) is 15.0 Å². The van der Waals surface area contributed by atoms with Crippen molar-refractivity contribution in [2.24, 2.45) is 0 Å². The molecule has 1 fully saturated rings. The molecule has 1 heterocycles. The molecule has 0 aromatic rings. The first-order valence-corrected chi connectivity index (χ1v) is 5.85. The zero-order chi connectivity index (χ0) is 10.9. The van der Waals surface area contributed by atoms with Crippen molar-refractivity contribution in [1.29, 1.82) is 0 Å². The Hall–Kier alpha value is -0.660. The van der Waals surface area contributed by atoms with Gasteiger partial charge in [-0.25, -0.2) is 0 Å². The third-order valence-electron chi connectivity index (χ3n) is 2.35. The second kappa shape index (κ2) is 3.84. The molecule has 1 saturated heterocycles. The van der Waals surface area contributed by atoms with E-state index in [9.17, 15) is 13.2 Å². The van der Waals surface area contributed by atoms with Crippen molar-refractivity contribution in [2.75, 3.05) is 6.54 Å². The lowest BCUT2D eigenvalue weighted by atomic mass is 10.2. The van der Waals surface area contributed by atoms with Crippen LogP contribution in [0.1, 0.15) is 20.3 Å². The molecule has 0 bridgehead atoms. The van der Waals surface area contributed by atoms with Crippen molar-refractivity contribution in [3.63, 3.8) is 0 Å². The first kappa shape index (κ1) is 11.4. The van der Waals surface area contributed by atoms with E-state index in [1.54, 1.807) is 6.92 Å². The summed E-state index contributed by atoms with van der Waals surface area (Å²) in [7, 11) is -3.59. The Kier molecular flexibility index (Phi) is 3.13. The van der Waals surface area contributed by atoms with Gasteiger partial charge in [0, 0.05) is 12.6 Å². The quantitative estimate of drug-likeness (QED) is 0.666. The maximum absolute atomic E-state index is 11.4. The van der Waals surface area contributed by atoms with Crippen LogP contribution in [0.15, 0.2) is 0 Å². The zero-order valence-electron chi connectivity index (χ0n) is 8.10. The van der Waals surface area contributed by atoms with E-state index in [1.165, 1.54) is 0 Å². The molecule has 7 heteroatoms. The molecule has 14 heavy (non-hydrogen) atoms. The number of hydrogen-bond acceptors (Lipinski definition) is 3. The fourth-order valence-electron chi connectivity index (χ4n) is 1.44. The van der Waals surface area contributed by atoms with Crippen molar-refractivity contribution >= 4 is 16.2 Å². The summed E-state index contributed by atoms with van der Waals surface area (Å²) in [6, 6.07) is -1.27. The van der Waals surface area contributed by atoms with Crippen LogP contribution in [0.4, 0.5) is 0 Å². The summed E-state index contributed by atoms with van der Waals surface area (Å²) in [4.78, 5) is 10.8. The van der Waals surface area contributed by atoms with Crippen molar-refractivity contribution in [3.8, 4) is 0 Å². The Balaban J connectivity index is 2.98. The molecular weight excluding hydrogens is 208 g/mol. The van der Waals surface area contributed by atoms with E-state index < -0.39 is 22.2 Å². The minimum atomic E-state index is -3.59. The topological polar surface area (TPSA) is 86.7 Å².